The lowest BCUT2D eigenvalue weighted by Gasteiger charge is -2.26. The summed E-state index contributed by atoms with van der Waals surface area (Å²) in [6.45, 7) is 4.93. The van der Waals surface area contributed by atoms with Crippen molar-refractivity contribution in [2.75, 3.05) is 32.8 Å². The lowest BCUT2D eigenvalue weighted by Crippen LogP contribution is -2.36. The molecule has 1 fully saturated rings. The van der Waals surface area contributed by atoms with Crippen molar-refractivity contribution in [3.8, 4) is 0 Å². The Morgan fingerprint density at radius 1 is 1.17 bits per heavy atom. The van der Waals surface area contributed by atoms with Crippen molar-refractivity contribution in [2.45, 2.75) is 12.8 Å². The number of oxazole rings is 1. The highest BCUT2D eigenvalue weighted by molar-refractivity contribution is 5.72. The summed E-state index contributed by atoms with van der Waals surface area (Å²) in [6.07, 6.45) is 2.00. The molecule has 3 rings (SSSR count). The molecule has 1 aromatic carbocycles. The first-order valence-corrected chi connectivity index (χ1v) is 6.56. The van der Waals surface area contributed by atoms with Gasteiger partial charge in [0.05, 0.1) is 13.2 Å². The molecule has 96 valence electrons. The Morgan fingerprint density at radius 3 is 2.83 bits per heavy atom. The van der Waals surface area contributed by atoms with Crippen LogP contribution in [0.2, 0.25) is 0 Å². The van der Waals surface area contributed by atoms with Crippen LogP contribution in [0.15, 0.2) is 28.7 Å². The fourth-order valence-corrected chi connectivity index (χ4v) is 2.31. The predicted molar refractivity (Wildman–Crippen MR) is 69.6 cm³/mol. The number of para-hydroxylation sites is 2. The Bertz CT molecular complexity index is 470. The Kier molecular flexibility index (Phi) is 3.57. The number of aryl methyl sites for hydroxylation is 1. The predicted octanol–water partition coefficient (Wildman–Crippen LogP) is 2.09. The van der Waals surface area contributed by atoms with Crippen molar-refractivity contribution < 1.29 is 9.15 Å². The smallest absolute Gasteiger partial charge is 0.195 e. The standard InChI is InChI=1S/C14H18N2O2/c1-2-5-13-12(4-1)15-14(18-13)6-3-7-16-8-10-17-11-9-16/h1-2,4-5H,3,6-11H2. The van der Waals surface area contributed by atoms with Crippen LogP contribution in [0.5, 0.6) is 0 Å². The minimum absolute atomic E-state index is 0.851. The minimum atomic E-state index is 0.851. The maximum Gasteiger partial charge on any atom is 0.195 e. The summed E-state index contributed by atoms with van der Waals surface area (Å²) in [5, 5.41) is 0. The zero-order valence-electron chi connectivity index (χ0n) is 10.5. The fraction of sp³-hybridized carbons (Fsp3) is 0.500. The van der Waals surface area contributed by atoms with Crippen LogP contribution in [-0.4, -0.2) is 42.7 Å². The fourth-order valence-electron chi connectivity index (χ4n) is 2.31. The molecule has 4 heteroatoms. The number of morpholine rings is 1. The molecule has 1 saturated heterocycles. The van der Waals surface area contributed by atoms with Crippen LogP contribution < -0.4 is 0 Å². The van der Waals surface area contributed by atoms with Crippen LogP contribution in [0.3, 0.4) is 0 Å². The number of benzene rings is 1. The Labute approximate surface area is 107 Å². The quantitative estimate of drug-likeness (QED) is 0.828. The first-order valence-electron chi connectivity index (χ1n) is 6.56. The second-order valence-corrected chi connectivity index (χ2v) is 4.63. The second-order valence-electron chi connectivity index (χ2n) is 4.63. The van der Waals surface area contributed by atoms with Gasteiger partial charge in [-0.1, -0.05) is 12.1 Å². The molecule has 2 aromatic rings. The summed E-state index contributed by atoms with van der Waals surface area (Å²) >= 11 is 0. The normalized spacial score (nSPS) is 17.3. The van der Waals surface area contributed by atoms with Gasteiger partial charge in [-0.25, -0.2) is 4.98 Å². The van der Waals surface area contributed by atoms with E-state index in [1.165, 1.54) is 0 Å². The molecule has 1 aromatic heterocycles. The van der Waals surface area contributed by atoms with Crippen molar-refractivity contribution in [1.29, 1.82) is 0 Å². The minimum Gasteiger partial charge on any atom is -0.441 e. The molecule has 0 amide bonds. The van der Waals surface area contributed by atoms with E-state index in [1.54, 1.807) is 0 Å². The summed E-state index contributed by atoms with van der Waals surface area (Å²) < 4.78 is 11.0. The monoisotopic (exact) mass is 246 g/mol. The first-order chi connectivity index (χ1) is 8.92. The van der Waals surface area contributed by atoms with Crippen LogP contribution in [0, 0.1) is 0 Å². The van der Waals surface area contributed by atoms with Gasteiger partial charge in [-0.05, 0) is 25.1 Å². The van der Waals surface area contributed by atoms with Crippen LogP contribution >= 0.6 is 0 Å². The maximum atomic E-state index is 5.70. The highest BCUT2D eigenvalue weighted by Crippen LogP contribution is 2.15. The molecule has 0 aliphatic carbocycles. The summed E-state index contributed by atoms with van der Waals surface area (Å²) in [7, 11) is 0. The van der Waals surface area contributed by atoms with Gasteiger partial charge in [0.25, 0.3) is 0 Å². The molecule has 0 unspecified atom stereocenters. The molecule has 0 N–H and O–H groups in total. The molecule has 18 heavy (non-hydrogen) atoms. The number of nitrogens with zero attached hydrogens (tertiary/aromatic N) is 2. The summed E-state index contributed by atoms with van der Waals surface area (Å²) in [4.78, 5) is 6.92. The zero-order chi connectivity index (χ0) is 12.2. The summed E-state index contributed by atoms with van der Waals surface area (Å²) in [5.41, 5.74) is 1.85. The van der Waals surface area contributed by atoms with E-state index >= 15 is 0 Å². The number of aromatic nitrogens is 1. The van der Waals surface area contributed by atoms with Gasteiger partial charge in [0, 0.05) is 19.5 Å². The average Bonchev–Trinajstić information content (AvgIpc) is 2.82. The van der Waals surface area contributed by atoms with Gasteiger partial charge >= 0.3 is 0 Å². The van der Waals surface area contributed by atoms with E-state index in [9.17, 15) is 0 Å². The largest absolute Gasteiger partial charge is 0.441 e. The van der Waals surface area contributed by atoms with E-state index in [-0.39, 0.29) is 0 Å². The molecule has 0 saturated carbocycles. The molecule has 2 heterocycles. The molecule has 4 nitrogen and oxygen atoms in total. The van der Waals surface area contributed by atoms with Crippen LogP contribution in [0.4, 0.5) is 0 Å². The maximum absolute atomic E-state index is 5.70. The molecule has 1 aliphatic rings. The Morgan fingerprint density at radius 2 is 2.00 bits per heavy atom. The second kappa shape index (κ2) is 5.50. The number of hydrogen-bond acceptors (Lipinski definition) is 4. The topological polar surface area (TPSA) is 38.5 Å². The van der Waals surface area contributed by atoms with Crippen molar-refractivity contribution >= 4 is 11.1 Å². The number of hydrogen-bond donors (Lipinski definition) is 0. The Balaban J connectivity index is 1.53. The zero-order valence-corrected chi connectivity index (χ0v) is 10.5. The van der Waals surface area contributed by atoms with Gasteiger partial charge in [0.2, 0.25) is 0 Å². The lowest BCUT2D eigenvalue weighted by atomic mass is 10.3. The van der Waals surface area contributed by atoms with E-state index in [4.69, 9.17) is 9.15 Å². The highest BCUT2D eigenvalue weighted by atomic mass is 16.5. The molecular weight excluding hydrogens is 228 g/mol. The van der Waals surface area contributed by atoms with E-state index < -0.39 is 0 Å². The average molecular weight is 246 g/mol. The van der Waals surface area contributed by atoms with E-state index in [1.807, 2.05) is 24.3 Å². The lowest BCUT2D eigenvalue weighted by molar-refractivity contribution is 0.0373. The SMILES string of the molecule is c1ccc2oc(CCCN3CCOCC3)nc2c1. The molecular formula is C14H18N2O2. The molecule has 0 atom stereocenters. The third kappa shape index (κ3) is 2.71. The number of rotatable bonds is 4. The van der Waals surface area contributed by atoms with Crippen molar-refractivity contribution in [3.63, 3.8) is 0 Å². The third-order valence-corrected chi connectivity index (χ3v) is 3.31. The van der Waals surface area contributed by atoms with Gasteiger partial charge in [-0.2, -0.15) is 0 Å². The summed E-state index contributed by atoms with van der Waals surface area (Å²) in [6, 6.07) is 7.92. The van der Waals surface area contributed by atoms with E-state index in [0.29, 0.717) is 0 Å². The van der Waals surface area contributed by atoms with Gasteiger partial charge < -0.3 is 9.15 Å². The third-order valence-electron chi connectivity index (χ3n) is 3.31. The highest BCUT2D eigenvalue weighted by Gasteiger charge is 2.10. The van der Waals surface area contributed by atoms with Crippen molar-refractivity contribution in [1.82, 2.24) is 9.88 Å². The van der Waals surface area contributed by atoms with E-state index in [2.05, 4.69) is 9.88 Å². The van der Waals surface area contributed by atoms with Crippen LogP contribution in [0.1, 0.15) is 12.3 Å². The van der Waals surface area contributed by atoms with E-state index in [0.717, 1.165) is 62.7 Å². The molecule has 1 aliphatic heterocycles. The van der Waals surface area contributed by atoms with Crippen molar-refractivity contribution in [3.05, 3.63) is 30.2 Å². The Hall–Kier alpha value is -1.39. The molecule has 0 spiro atoms. The molecule has 0 radical (unpaired) electrons. The van der Waals surface area contributed by atoms with Crippen LogP contribution in [0.25, 0.3) is 11.1 Å². The molecule has 0 bridgehead atoms. The van der Waals surface area contributed by atoms with Gasteiger partial charge in [0.15, 0.2) is 11.5 Å². The first kappa shape index (κ1) is 11.7. The number of ether oxygens (including phenoxy) is 1. The van der Waals surface area contributed by atoms with Crippen molar-refractivity contribution in [2.24, 2.45) is 0 Å². The number of fused-ring (bicyclic) bond motifs is 1. The summed E-state index contributed by atoms with van der Waals surface area (Å²) in [5.74, 6) is 0.851. The van der Waals surface area contributed by atoms with Gasteiger partial charge in [0.1, 0.15) is 5.52 Å². The van der Waals surface area contributed by atoms with Gasteiger partial charge in [-0.3, -0.25) is 4.90 Å². The van der Waals surface area contributed by atoms with Gasteiger partial charge in [-0.15, -0.1) is 0 Å². The van der Waals surface area contributed by atoms with Crippen LogP contribution in [-0.2, 0) is 11.2 Å².